The minimum atomic E-state index is 0.118. The standard InChI is InChI=1S/C12H19BrN4O/c1-8(9-4-3-5-14-7-9)6-10(18)11-12(13)15-16-17(11)2/h8-9,14H,3-7H2,1-2H3. The third-order valence-electron chi connectivity index (χ3n) is 3.70. The van der Waals surface area contributed by atoms with Crippen molar-refractivity contribution in [1.29, 1.82) is 0 Å². The van der Waals surface area contributed by atoms with Crippen LogP contribution in [-0.2, 0) is 7.05 Å². The molecule has 18 heavy (non-hydrogen) atoms. The molecule has 1 aromatic heterocycles. The molecule has 0 spiro atoms. The lowest BCUT2D eigenvalue weighted by molar-refractivity contribution is 0.0933. The Bertz CT molecular complexity index is 406. The molecular formula is C12H19BrN4O. The van der Waals surface area contributed by atoms with E-state index in [1.165, 1.54) is 17.5 Å². The first-order valence-corrected chi connectivity index (χ1v) is 7.18. The van der Waals surface area contributed by atoms with E-state index in [1.54, 1.807) is 7.05 Å². The average Bonchev–Trinajstić information content (AvgIpc) is 2.70. The summed E-state index contributed by atoms with van der Waals surface area (Å²) in [6.07, 6.45) is 2.98. The smallest absolute Gasteiger partial charge is 0.183 e. The highest BCUT2D eigenvalue weighted by molar-refractivity contribution is 9.10. The van der Waals surface area contributed by atoms with Gasteiger partial charge in [-0.25, -0.2) is 4.68 Å². The summed E-state index contributed by atoms with van der Waals surface area (Å²) in [4.78, 5) is 12.2. The van der Waals surface area contributed by atoms with Crippen LogP contribution in [0.4, 0.5) is 0 Å². The highest BCUT2D eigenvalue weighted by Gasteiger charge is 2.25. The fourth-order valence-electron chi connectivity index (χ4n) is 2.55. The van der Waals surface area contributed by atoms with Crippen LogP contribution in [0.3, 0.4) is 0 Å². The minimum Gasteiger partial charge on any atom is -0.316 e. The zero-order valence-corrected chi connectivity index (χ0v) is 12.4. The van der Waals surface area contributed by atoms with E-state index in [0.717, 1.165) is 13.1 Å². The van der Waals surface area contributed by atoms with Gasteiger partial charge in [-0.3, -0.25) is 4.79 Å². The molecule has 0 radical (unpaired) electrons. The zero-order valence-electron chi connectivity index (χ0n) is 10.8. The number of carbonyl (C=O) groups excluding carboxylic acids is 1. The Labute approximate surface area is 115 Å². The molecule has 1 aliphatic rings. The highest BCUT2D eigenvalue weighted by atomic mass is 79.9. The van der Waals surface area contributed by atoms with E-state index < -0.39 is 0 Å². The zero-order chi connectivity index (χ0) is 13.1. The largest absolute Gasteiger partial charge is 0.316 e. The maximum Gasteiger partial charge on any atom is 0.183 e. The molecule has 0 aliphatic carbocycles. The number of hydrogen-bond donors (Lipinski definition) is 1. The van der Waals surface area contributed by atoms with Crippen LogP contribution in [0.25, 0.3) is 0 Å². The number of hydrogen-bond acceptors (Lipinski definition) is 4. The summed E-state index contributed by atoms with van der Waals surface area (Å²) >= 11 is 3.28. The van der Waals surface area contributed by atoms with Crippen LogP contribution in [-0.4, -0.2) is 33.9 Å². The molecule has 2 unspecified atom stereocenters. The summed E-state index contributed by atoms with van der Waals surface area (Å²) in [5.41, 5.74) is 0.575. The minimum absolute atomic E-state index is 0.118. The van der Waals surface area contributed by atoms with Gasteiger partial charge in [-0.05, 0) is 53.7 Å². The van der Waals surface area contributed by atoms with E-state index in [-0.39, 0.29) is 5.78 Å². The number of halogens is 1. The average molecular weight is 315 g/mol. The van der Waals surface area contributed by atoms with Crippen molar-refractivity contribution >= 4 is 21.7 Å². The van der Waals surface area contributed by atoms with Crippen molar-refractivity contribution in [3.05, 3.63) is 10.3 Å². The summed E-state index contributed by atoms with van der Waals surface area (Å²) in [6.45, 7) is 4.29. The SMILES string of the molecule is CC(CC(=O)c1c(Br)nnn1C)C1CCCNC1. The van der Waals surface area contributed by atoms with E-state index in [9.17, 15) is 4.79 Å². The molecule has 1 saturated heterocycles. The van der Waals surface area contributed by atoms with Gasteiger partial charge in [0.05, 0.1) is 0 Å². The third-order valence-corrected chi connectivity index (χ3v) is 4.23. The van der Waals surface area contributed by atoms with Crippen molar-refractivity contribution in [1.82, 2.24) is 20.3 Å². The van der Waals surface area contributed by atoms with Crippen LogP contribution >= 0.6 is 15.9 Å². The molecule has 0 aromatic carbocycles. The van der Waals surface area contributed by atoms with Gasteiger partial charge in [-0.15, -0.1) is 5.10 Å². The topological polar surface area (TPSA) is 59.8 Å². The molecule has 1 aromatic rings. The predicted octanol–water partition coefficient (Wildman–Crippen LogP) is 1.79. The molecule has 2 atom stereocenters. The van der Waals surface area contributed by atoms with Gasteiger partial charge in [-0.1, -0.05) is 12.1 Å². The van der Waals surface area contributed by atoms with Crippen LogP contribution in [0.5, 0.6) is 0 Å². The second-order valence-corrected chi connectivity index (χ2v) is 5.81. The Morgan fingerprint density at radius 3 is 3.00 bits per heavy atom. The van der Waals surface area contributed by atoms with E-state index in [2.05, 4.69) is 38.5 Å². The van der Waals surface area contributed by atoms with Gasteiger partial charge in [0.2, 0.25) is 0 Å². The number of carbonyl (C=O) groups is 1. The molecule has 100 valence electrons. The van der Waals surface area contributed by atoms with Crippen LogP contribution in [0.15, 0.2) is 4.60 Å². The molecule has 5 nitrogen and oxygen atoms in total. The van der Waals surface area contributed by atoms with Crippen LogP contribution in [0.1, 0.15) is 36.7 Å². The lowest BCUT2D eigenvalue weighted by Crippen LogP contribution is -2.34. The van der Waals surface area contributed by atoms with Gasteiger partial charge >= 0.3 is 0 Å². The summed E-state index contributed by atoms with van der Waals surface area (Å²) in [5, 5.41) is 11.1. The number of aryl methyl sites for hydroxylation is 1. The molecule has 1 aliphatic heterocycles. The maximum atomic E-state index is 12.2. The molecule has 1 N–H and O–H groups in total. The maximum absolute atomic E-state index is 12.2. The molecular weight excluding hydrogens is 296 g/mol. The first-order valence-electron chi connectivity index (χ1n) is 6.38. The monoisotopic (exact) mass is 314 g/mol. The summed E-state index contributed by atoms with van der Waals surface area (Å²) in [5.74, 6) is 1.11. The second-order valence-electron chi connectivity index (χ2n) is 5.06. The number of nitrogens with zero attached hydrogens (tertiary/aromatic N) is 3. The number of rotatable bonds is 4. The van der Waals surface area contributed by atoms with Gasteiger partial charge in [0.1, 0.15) is 5.69 Å². The van der Waals surface area contributed by atoms with Gasteiger partial charge < -0.3 is 5.32 Å². The van der Waals surface area contributed by atoms with Crippen molar-refractivity contribution in [2.75, 3.05) is 13.1 Å². The fraction of sp³-hybridized carbons (Fsp3) is 0.750. The lowest BCUT2D eigenvalue weighted by atomic mass is 9.84. The first kappa shape index (κ1) is 13.7. The van der Waals surface area contributed by atoms with E-state index in [4.69, 9.17) is 0 Å². The lowest BCUT2D eigenvalue weighted by Gasteiger charge is -2.27. The Morgan fingerprint density at radius 2 is 2.44 bits per heavy atom. The van der Waals surface area contributed by atoms with Crippen LogP contribution in [0, 0.1) is 11.8 Å². The molecule has 0 saturated carbocycles. The van der Waals surface area contributed by atoms with Crippen molar-refractivity contribution < 1.29 is 4.79 Å². The fourth-order valence-corrected chi connectivity index (χ4v) is 3.10. The first-order chi connectivity index (χ1) is 8.59. The normalized spacial score (nSPS) is 21.8. The second kappa shape index (κ2) is 5.93. The van der Waals surface area contributed by atoms with Gasteiger partial charge in [0.15, 0.2) is 10.4 Å². The van der Waals surface area contributed by atoms with Crippen LogP contribution < -0.4 is 5.32 Å². The van der Waals surface area contributed by atoms with Gasteiger partial charge in [0.25, 0.3) is 0 Å². The Hall–Kier alpha value is -0.750. The molecule has 2 heterocycles. The van der Waals surface area contributed by atoms with E-state index in [0.29, 0.717) is 28.6 Å². The number of piperidine rings is 1. The summed E-state index contributed by atoms with van der Waals surface area (Å²) < 4.78 is 2.09. The molecule has 2 rings (SSSR count). The highest BCUT2D eigenvalue weighted by Crippen LogP contribution is 2.25. The Balaban J connectivity index is 1.98. The van der Waals surface area contributed by atoms with Gasteiger partial charge in [-0.2, -0.15) is 0 Å². The summed E-state index contributed by atoms with van der Waals surface area (Å²) in [7, 11) is 1.75. The van der Waals surface area contributed by atoms with Gasteiger partial charge in [0, 0.05) is 13.5 Å². The number of Topliss-reactive ketones (excluding diaryl/α,β-unsaturated/α-hetero) is 1. The quantitative estimate of drug-likeness (QED) is 0.861. The van der Waals surface area contributed by atoms with Crippen LogP contribution in [0.2, 0.25) is 0 Å². The van der Waals surface area contributed by atoms with Crippen molar-refractivity contribution in [2.24, 2.45) is 18.9 Å². The Kier molecular flexibility index (Phi) is 4.50. The predicted molar refractivity (Wildman–Crippen MR) is 72.4 cm³/mol. The van der Waals surface area contributed by atoms with E-state index in [1.807, 2.05) is 0 Å². The number of ketones is 1. The van der Waals surface area contributed by atoms with Crippen molar-refractivity contribution in [2.45, 2.75) is 26.2 Å². The van der Waals surface area contributed by atoms with Crippen molar-refractivity contribution in [3.63, 3.8) is 0 Å². The van der Waals surface area contributed by atoms with Crippen molar-refractivity contribution in [3.8, 4) is 0 Å². The number of aromatic nitrogens is 3. The molecule has 0 bridgehead atoms. The number of nitrogens with one attached hydrogen (secondary N) is 1. The molecule has 0 amide bonds. The molecule has 1 fully saturated rings. The summed E-state index contributed by atoms with van der Waals surface area (Å²) in [6, 6.07) is 0. The van der Waals surface area contributed by atoms with E-state index >= 15 is 0 Å². The third kappa shape index (κ3) is 2.98. The Morgan fingerprint density at radius 1 is 1.67 bits per heavy atom. The molecule has 6 heteroatoms.